The zero-order valence-corrected chi connectivity index (χ0v) is 15.1. The lowest BCUT2D eigenvalue weighted by Crippen LogP contribution is -2.61. The summed E-state index contributed by atoms with van der Waals surface area (Å²) in [4.78, 5) is 12.7. The molecule has 0 bridgehead atoms. The molecule has 1 fully saturated rings. The number of alkyl halides is 3. The van der Waals surface area contributed by atoms with Crippen LogP contribution in [0.2, 0.25) is 0 Å². The number of hydrazone groups is 1. The van der Waals surface area contributed by atoms with E-state index in [0.29, 0.717) is 10.9 Å². The van der Waals surface area contributed by atoms with E-state index >= 15 is 0 Å². The van der Waals surface area contributed by atoms with Crippen molar-refractivity contribution in [3.8, 4) is 0 Å². The molecule has 1 aliphatic heterocycles. The van der Waals surface area contributed by atoms with Crippen LogP contribution in [0.5, 0.6) is 0 Å². The molecular formula is C17H18BrF3N2O2. The molecule has 0 radical (unpaired) electrons. The standard InChI is InChI=1S/C17H18BrF3N2O2/c1-2-10-3-8-14-13(9-10)16(25,17(19,20)21)23(22-14)15(24)11-4-6-12(18)7-5-11/h4-7,10,13,25H,2-3,8-9H2,1H3/t10-,13-,16+/m1/s1. The fraction of sp³-hybridized carbons (Fsp3) is 0.529. The van der Waals surface area contributed by atoms with E-state index in [1.807, 2.05) is 6.92 Å². The predicted octanol–water partition coefficient (Wildman–Crippen LogP) is 4.34. The van der Waals surface area contributed by atoms with Crippen LogP contribution in [-0.4, -0.2) is 33.6 Å². The number of hydrogen-bond donors (Lipinski definition) is 1. The van der Waals surface area contributed by atoms with Crippen LogP contribution in [-0.2, 0) is 0 Å². The molecule has 1 heterocycles. The van der Waals surface area contributed by atoms with E-state index in [4.69, 9.17) is 0 Å². The van der Waals surface area contributed by atoms with Crippen molar-refractivity contribution in [2.75, 3.05) is 0 Å². The van der Waals surface area contributed by atoms with Gasteiger partial charge in [-0.3, -0.25) is 4.79 Å². The Morgan fingerprint density at radius 1 is 1.40 bits per heavy atom. The lowest BCUT2D eigenvalue weighted by molar-refractivity contribution is -0.313. The highest BCUT2D eigenvalue weighted by Crippen LogP contribution is 2.50. The summed E-state index contributed by atoms with van der Waals surface area (Å²) in [6.45, 7) is 1.92. The first-order chi connectivity index (χ1) is 11.7. The molecule has 3 rings (SSSR count). The first-order valence-corrected chi connectivity index (χ1v) is 8.94. The van der Waals surface area contributed by atoms with Gasteiger partial charge in [0.2, 0.25) is 0 Å². The molecule has 25 heavy (non-hydrogen) atoms. The van der Waals surface area contributed by atoms with Crippen molar-refractivity contribution in [1.82, 2.24) is 5.01 Å². The molecule has 0 aromatic heterocycles. The summed E-state index contributed by atoms with van der Waals surface area (Å²) >= 11 is 3.21. The van der Waals surface area contributed by atoms with Gasteiger partial charge in [0.15, 0.2) is 0 Å². The molecule has 1 aromatic carbocycles. The van der Waals surface area contributed by atoms with Gasteiger partial charge < -0.3 is 5.11 Å². The summed E-state index contributed by atoms with van der Waals surface area (Å²) in [5.41, 5.74) is -2.99. The first kappa shape index (κ1) is 18.4. The topological polar surface area (TPSA) is 52.9 Å². The predicted molar refractivity (Wildman–Crippen MR) is 89.9 cm³/mol. The summed E-state index contributed by atoms with van der Waals surface area (Å²) in [6, 6.07) is 5.92. The van der Waals surface area contributed by atoms with Crippen molar-refractivity contribution >= 4 is 27.5 Å². The largest absolute Gasteiger partial charge is 0.439 e. The monoisotopic (exact) mass is 418 g/mol. The van der Waals surface area contributed by atoms with Crippen LogP contribution in [0.1, 0.15) is 43.0 Å². The molecule has 3 atom stereocenters. The molecule has 8 heteroatoms. The van der Waals surface area contributed by atoms with Crippen LogP contribution < -0.4 is 0 Å². The summed E-state index contributed by atoms with van der Waals surface area (Å²) < 4.78 is 42.1. The Morgan fingerprint density at radius 3 is 2.60 bits per heavy atom. The van der Waals surface area contributed by atoms with Crippen LogP contribution in [0.4, 0.5) is 13.2 Å². The van der Waals surface area contributed by atoms with Crippen molar-refractivity contribution in [3.05, 3.63) is 34.3 Å². The van der Waals surface area contributed by atoms with Crippen molar-refractivity contribution < 1.29 is 23.1 Å². The van der Waals surface area contributed by atoms with E-state index in [2.05, 4.69) is 21.0 Å². The number of benzene rings is 1. The Hall–Kier alpha value is -1.41. The lowest BCUT2D eigenvalue weighted by Gasteiger charge is -2.39. The molecule has 1 N–H and O–H groups in total. The number of carbonyl (C=O) groups is 1. The molecule has 1 aromatic rings. The van der Waals surface area contributed by atoms with Gasteiger partial charge in [-0.05, 0) is 49.4 Å². The van der Waals surface area contributed by atoms with Gasteiger partial charge in [-0.1, -0.05) is 29.3 Å². The third-order valence-corrected chi connectivity index (χ3v) is 5.62. The average molecular weight is 419 g/mol. The number of rotatable bonds is 2. The lowest BCUT2D eigenvalue weighted by atomic mass is 9.74. The van der Waals surface area contributed by atoms with E-state index in [9.17, 15) is 23.1 Å². The Kier molecular flexibility index (Phi) is 4.70. The number of fused-ring (bicyclic) bond motifs is 1. The quantitative estimate of drug-likeness (QED) is 0.776. The normalized spacial score (nSPS) is 29.4. The van der Waals surface area contributed by atoms with Gasteiger partial charge in [-0.15, -0.1) is 0 Å². The summed E-state index contributed by atoms with van der Waals surface area (Å²) in [7, 11) is 0. The van der Waals surface area contributed by atoms with E-state index in [1.54, 1.807) is 12.1 Å². The molecule has 0 spiro atoms. The number of aliphatic hydroxyl groups is 1. The van der Waals surface area contributed by atoms with Crippen molar-refractivity contribution in [1.29, 1.82) is 0 Å². The minimum atomic E-state index is -5.00. The fourth-order valence-electron chi connectivity index (χ4n) is 3.59. The molecule has 1 saturated carbocycles. The van der Waals surface area contributed by atoms with Crippen LogP contribution >= 0.6 is 15.9 Å². The third kappa shape index (κ3) is 2.99. The van der Waals surface area contributed by atoms with Crippen LogP contribution in [0.3, 0.4) is 0 Å². The van der Waals surface area contributed by atoms with Crippen molar-refractivity contribution in [2.24, 2.45) is 16.9 Å². The molecule has 1 aliphatic carbocycles. The van der Waals surface area contributed by atoms with E-state index in [0.717, 1.165) is 12.8 Å². The second-order valence-corrected chi connectivity index (χ2v) is 7.46. The van der Waals surface area contributed by atoms with Gasteiger partial charge in [0.05, 0.1) is 5.92 Å². The van der Waals surface area contributed by atoms with Gasteiger partial charge in [-0.2, -0.15) is 23.3 Å². The maximum atomic E-state index is 13.8. The SMILES string of the molecule is CC[C@@H]1CCC2=NN(C(=O)c3ccc(Br)cc3)[C@@](O)(C(F)(F)F)[C@@H]2C1. The van der Waals surface area contributed by atoms with Crippen molar-refractivity contribution in [2.45, 2.75) is 44.5 Å². The Labute approximate surface area is 151 Å². The zero-order chi connectivity index (χ0) is 18.4. The number of nitrogens with zero attached hydrogens (tertiary/aromatic N) is 2. The molecular weight excluding hydrogens is 401 g/mol. The van der Waals surface area contributed by atoms with Crippen LogP contribution in [0, 0.1) is 11.8 Å². The molecule has 0 saturated heterocycles. The number of halogens is 4. The second kappa shape index (κ2) is 6.39. The van der Waals surface area contributed by atoms with Crippen molar-refractivity contribution in [3.63, 3.8) is 0 Å². The fourth-order valence-corrected chi connectivity index (χ4v) is 3.85. The van der Waals surface area contributed by atoms with Crippen LogP contribution in [0.25, 0.3) is 0 Å². The smallest absolute Gasteiger partial charge is 0.362 e. The average Bonchev–Trinajstić information content (AvgIpc) is 2.88. The molecule has 0 unspecified atom stereocenters. The highest BCUT2D eigenvalue weighted by molar-refractivity contribution is 9.10. The highest BCUT2D eigenvalue weighted by atomic mass is 79.9. The van der Waals surface area contributed by atoms with Gasteiger partial charge >= 0.3 is 6.18 Å². The third-order valence-electron chi connectivity index (χ3n) is 5.10. The van der Waals surface area contributed by atoms with E-state index in [-0.39, 0.29) is 28.6 Å². The zero-order valence-electron chi connectivity index (χ0n) is 13.6. The van der Waals surface area contributed by atoms with E-state index < -0.39 is 23.7 Å². The minimum absolute atomic E-state index is 0.0425. The molecule has 136 valence electrons. The molecule has 1 amide bonds. The maximum absolute atomic E-state index is 13.8. The minimum Gasteiger partial charge on any atom is -0.362 e. The second-order valence-electron chi connectivity index (χ2n) is 6.54. The van der Waals surface area contributed by atoms with Gasteiger partial charge in [0, 0.05) is 15.7 Å². The van der Waals surface area contributed by atoms with Gasteiger partial charge in [-0.25, -0.2) is 0 Å². The number of carbonyl (C=O) groups excluding carboxylic acids is 1. The Morgan fingerprint density at radius 2 is 2.04 bits per heavy atom. The molecule has 4 nitrogen and oxygen atoms in total. The Bertz CT molecular complexity index is 705. The molecule has 2 aliphatic rings. The van der Waals surface area contributed by atoms with Gasteiger partial charge in [0.25, 0.3) is 11.6 Å². The summed E-state index contributed by atoms with van der Waals surface area (Å²) in [5, 5.41) is 14.8. The summed E-state index contributed by atoms with van der Waals surface area (Å²) in [6.07, 6.45) is -3.00. The first-order valence-electron chi connectivity index (χ1n) is 8.15. The van der Waals surface area contributed by atoms with Crippen LogP contribution in [0.15, 0.2) is 33.8 Å². The Balaban J connectivity index is 2.01. The highest BCUT2D eigenvalue weighted by Gasteiger charge is 2.68. The number of hydrogen-bond acceptors (Lipinski definition) is 3. The number of amides is 1. The van der Waals surface area contributed by atoms with Gasteiger partial charge in [0.1, 0.15) is 0 Å². The maximum Gasteiger partial charge on any atom is 0.439 e. The van der Waals surface area contributed by atoms with E-state index in [1.165, 1.54) is 12.1 Å². The summed E-state index contributed by atoms with van der Waals surface area (Å²) in [5.74, 6) is -2.08.